The van der Waals surface area contributed by atoms with Gasteiger partial charge in [0.2, 0.25) is 5.91 Å². The second-order valence-corrected chi connectivity index (χ2v) is 7.85. The van der Waals surface area contributed by atoms with Crippen LogP contribution in [0.3, 0.4) is 0 Å². The van der Waals surface area contributed by atoms with Gasteiger partial charge in [-0.2, -0.15) is 0 Å². The summed E-state index contributed by atoms with van der Waals surface area (Å²) in [5.41, 5.74) is 3.00. The molecular weight excluding hydrogens is 392 g/mol. The van der Waals surface area contributed by atoms with Crippen LogP contribution in [0.15, 0.2) is 42.5 Å². The van der Waals surface area contributed by atoms with E-state index in [1.807, 2.05) is 70.2 Å². The number of hydrogen-bond acceptors (Lipinski definition) is 4. The molecule has 0 aromatic heterocycles. The molecule has 2 atom stereocenters. The van der Waals surface area contributed by atoms with Crippen molar-refractivity contribution in [2.45, 2.75) is 59.7 Å². The molecule has 0 saturated heterocycles. The fraction of sp³-hybridized carbons (Fsp3) is 0.440. The first-order chi connectivity index (χ1) is 14.8. The average Bonchev–Trinajstić information content (AvgIpc) is 2.77. The molecule has 0 unspecified atom stereocenters. The lowest BCUT2D eigenvalue weighted by atomic mass is 10.1. The average molecular weight is 427 g/mol. The molecule has 168 valence electrons. The molecule has 2 aromatic rings. The Bertz CT molecular complexity index is 880. The molecule has 0 heterocycles. The van der Waals surface area contributed by atoms with Gasteiger partial charge in [0.25, 0.3) is 5.91 Å². The summed E-state index contributed by atoms with van der Waals surface area (Å²) in [5.74, 6) is 0.989. The molecule has 31 heavy (non-hydrogen) atoms. The SMILES string of the molecule is CC[C@H](C)NC(=O)[C@@H](C)N(Cc1ccc(OC)cc1)C(=O)COc1cccc(C)c1C. The van der Waals surface area contributed by atoms with Crippen LogP contribution in [0, 0.1) is 13.8 Å². The highest BCUT2D eigenvalue weighted by molar-refractivity contribution is 5.88. The predicted molar refractivity (Wildman–Crippen MR) is 122 cm³/mol. The third-order valence-electron chi connectivity index (χ3n) is 5.59. The van der Waals surface area contributed by atoms with Crippen molar-refractivity contribution in [3.05, 3.63) is 59.2 Å². The molecule has 0 radical (unpaired) electrons. The number of hydrogen-bond donors (Lipinski definition) is 1. The van der Waals surface area contributed by atoms with Gasteiger partial charge in [-0.15, -0.1) is 0 Å². The van der Waals surface area contributed by atoms with Crippen LogP contribution in [-0.2, 0) is 16.1 Å². The fourth-order valence-corrected chi connectivity index (χ4v) is 3.08. The van der Waals surface area contributed by atoms with E-state index in [0.29, 0.717) is 12.3 Å². The summed E-state index contributed by atoms with van der Waals surface area (Å²) in [4.78, 5) is 27.5. The molecule has 1 N–H and O–H groups in total. The van der Waals surface area contributed by atoms with Crippen LogP contribution in [-0.4, -0.2) is 42.5 Å². The summed E-state index contributed by atoms with van der Waals surface area (Å²) in [5, 5.41) is 2.97. The second-order valence-electron chi connectivity index (χ2n) is 7.85. The Hall–Kier alpha value is -3.02. The Labute approximate surface area is 185 Å². The highest BCUT2D eigenvalue weighted by Crippen LogP contribution is 2.21. The maximum Gasteiger partial charge on any atom is 0.261 e. The first-order valence-corrected chi connectivity index (χ1v) is 10.7. The minimum atomic E-state index is -0.634. The monoisotopic (exact) mass is 426 g/mol. The Morgan fingerprint density at radius 3 is 2.35 bits per heavy atom. The van der Waals surface area contributed by atoms with Crippen molar-refractivity contribution in [2.24, 2.45) is 0 Å². The van der Waals surface area contributed by atoms with E-state index in [1.165, 1.54) is 0 Å². The Morgan fingerprint density at radius 1 is 1.06 bits per heavy atom. The van der Waals surface area contributed by atoms with Crippen molar-refractivity contribution < 1.29 is 19.1 Å². The molecule has 6 nitrogen and oxygen atoms in total. The van der Waals surface area contributed by atoms with E-state index < -0.39 is 6.04 Å². The van der Waals surface area contributed by atoms with E-state index in [9.17, 15) is 9.59 Å². The lowest BCUT2D eigenvalue weighted by Gasteiger charge is -2.29. The smallest absolute Gasteiger partial charge is 0.261 e. The third-order valence-corrected chi connectivity index (χ3v) is 5.59. The van der Waals surface area contributed by atoms with Crippen molar-refractivity contribution in [2.75, 3.05) is 13.7 Å². The van der Waals surface area contributed by atoms with Gasteiger partial charge >= 0.3 is 0 Å². The molecule has 0 spiro atoms. The molecule has 0 fully saturated rings. The second kappa shape index (κ2) is 11.4. The maximum atomic E-state index is 13.1. The summed E-state index contributed by atoms with van der Waals surface area (Å²) in [6.45, 7) is 9.83. The lowest BCUT2D eigenvalue weighted by Crippen LogP contribution is -2.50. The number of rotatable bonds is 10. The van der Waals surface area contributed by atoms with Gasteiger partial charge in [-0.1, -0.05) is 31.2 Å². The van der Waals surface area contributed by atoms with Crippen molar-refractivity contribution in [3.8, 4) is 11.5 Å². The first kappa shape index (κ1) is 24.3. The minimum absolute atomic E-state index is 0.0408. The number of benzene rings is 2. The summed E-state index contributed by atoms with van der Waals surface area (Å²) in [7, 11) is 1.61. The molecular formula is C25H34N2O4. The largest absolute Gasteiger partial charge is 0.497 e. The van der Waals surface area contributed by atoms with Crippen LogP contribution < -0.4 is 14.8 Å². The minimum Gasteiger partial charge on any atom is -0.497 e. The molecule has 0 saturated carbocycles. The van der Waals surface area contributed by atoms with Gasteiger partial charge in [0.05, 0.1) is 7.11 Å². The van der Waals surface area contributed by atoms with Gasteiger partial charge in [-0.25, -0.2) is 0 Å². The molecule has 0 aliphatic heterocycles. The Morgan fingerprint density at radius 2 is 1.74 bits per heavy atom. The van der Waals surface area contributed by atoms with Crippen LogP contribution in [0.25, 0.3) is 0 Å². The highest BCUT2D eigenvalue weighted by Gasteiger charge is 2.27. The van der Waals surface area contributed by atoms with Gasteiger partial charge < -0.3 is 19.7 Å². The molecule has 6 heteroatoms. The molecule has 2 aromatic carbocycles. The Balaban J connectivity index is 2.18. The number of nitrogens with zero attached hydrogens (tertiary/aromatic N) is 1. The van der Waals surface area contributed by atoms with Crippen molar-refractivity contribution >= 4 is 11.8 Å². The topological polar surface area (TPSA) is 67.9 Å². The van der Waals surface area contributed by atoms with Gasteiger partial charge in [0, 0.05) is 12.6 Å². The van der Waals surface area contributed by atoms with Gasteiger partial charge in [0.1, 0.15) is 17.5 Å². The number of ether oxygens (including phenoxy) is 2. The van der Waals surface area contributed by atoms with Crippen molar-refractivity contribution in [1.29, 1.82) is 0 Å². The molecule has 0 aliphatic rings. The van der Waals surface area contributed by atoms with Crippen molar-refractivity contribution in [3.63, 3.8) is 0 Å². The van der Waals surface area contributed by atoms with Crippen LogP contribution >= 0.6 is 0 Å². The van der Waals surface area contributed by atoms with E-state index in [4.69, 9.17) is 9.47 Å². The van der Waals surface area contributed by atoms with Crippen LogP contribution in [0.1, 0.15) is 43.9 Å². The van der Waals surface area contributed by atoms with E-state index in [0.717, 1.165) is 28.9 Å². The van der Waals surface area contributed by atoms with Gasteiger partial charge in [0.15, 0.2) is 6.61 Å². The molecule has 2 amide bonds. The zero-order chi connectivity index (χ0) is 23.0. The van der Waals surface area contributed by atoms with Crippen molar-refractivity contribution in [1.82, 2.24) is 10.2 Å². The first-order valence-electron chi connectivity index (χ1n) is 10.7. The van der Waals surface area contributed by atoms with Gasteiger partial charge in [-0.05, 0) is 69.0 Å². The lowest BCUT2D eigenvalue weighted by molar-refractivity contribution is -0.142. The normalized spacial score (nSPS) is 12.6. The summed E-state index contributed by atoms with van der Waals surface area (Å²) < 4.78 is 11.0. The standard InChI is InChI=1S/C25H34N2O4/c1-7-18(3)26-25(29)20(5)27(15-21-11-13-22(30-6)14-12-21)24(28)16-31-23-10-8-9-17(2)19(23)4/h8-14,18,20H,7,15-16H2,1-6H3,(H,26,29)/t18-,20+/m0/s1. The number of aryl methyl sites for hydroxylation is 1. The summed E-state index contributed by atoms with van der Waals surface area (Å²) in [6.07, 6.45) is 0.820. The molecule has 2 rings (SSSR count). The third kappa shape index (κ3) is 6.74. The number of nitrogens with one attached hydrogen (secondary N) is 1. The van der Waals surface area contributed by atoms with Crippen LogP contribution in [0.4, 0.5) is 0 Å². The number of carbonyl (C=O) groups is 2. The van der Waals surface area contributed by atoms with Crippen LogP contribution in [0.5, 0.6) is 11.5 Å². The van der Waals surface area contributed by atoms with E-state index in [1.54, 1.807) is 18.9 Å². The fourth-order valence-electron chi connectivity index (χ4n) is 3.08. The Kier molecular flexibility index (Phi) is 8.91. The summed E-state index contributed by atoms with van der Waals surface area (Å²) in [6, 6.07) is 12.6. The van der Waals surface area contributed by atoms with E-state index >= 15 is 0 Å². The van der Waals surface area contributed by atoms with Gasteiger partial charge in [-0.3, -0.25) is 9.59 Å². The van der Waals surface area contributed by atoms with Crippen LogP contribution in [0.2, 0.25) is 0 Å². The zero-order valence-electron chi connectivity index (χ0n) is 19.4. The zero-order valence-corrected chi connectivity index (χ0v) is 19.4. The number of carbonyl (C=O) groups excluding carboxylic acids is 2. The maximum absolute atomic E-state index is 13.1. The quantitative estimate of drug-likeness (QED) is 0.623. The van der Waals surface area contributed by atoms with E-state index in [-0.39, 0.29) is 24.5 Å². The molecule has 0 aliphatic carbocycles. The molecule has 0 bridgehead atoms. The number of methoxy groups -OCH3 is 1. The highest BCUT2D eigenvalue weighted by atomic mass is 16.5. The summed E-state index contributed by atoms with van der Waals surface area (Å²) >= 11 is 0. The van der Waals surface area contributed by atoms with E-state index in [2.05, 4.69) is 5.32 Å². The number of amides is 2. The predicted octanol–water partition coefficient (Wildman–Crippen LogP) is 4.02.